The number of ether oxygens (including phenoxy) is 4. The summed E-state index contributed by atoms with van der Waals surface area (Å²) in [5.41, 5.74) is 0.326. The predicted octanol–water partition coefficient (Wildman–Crippen LogP) is 4.00. The Morgan fingerprint density at radius 1 is 1.37 bits per heavy atom. The fraction of sp³-hybridized carbons (Fsp3) is 0.708. The van der Waals surface area contributed by atoms with E-state index in [9.17, 15) is 9.90 Å². The molecular weight excluding hydrogens is 384 g/mol. The predicted molar refractivity (Wildman–Crippen MR) is 115 cm³/mol. The summed E-state index contributed by atoms with van der Waals surface area (Å²) in [5.74, 6) is 1.02. The van der Waals surface area contributed by atoms with Crippen molar-refractivity contribution in [2.75, 3.05) is 20.8 Å². The zero-order chi connectivity index (χ0) is 22.5. The van der Waals surface area contributed by atoms with Crippen molar-refractivity contribution in [3.8, 4) is 0 Å². The number of aliphatic hydroxyl groups excluding tert-OH is 1. The molecule has 2 aliphatic rings. The highest BCUT2D eigenvalue weighted by molar-refractivity contribution is 5.83. The number of aliphatic hydroxyl groups is 1. The highest BCUT2D eigenvalue weighted by Crippen LogP contribution is 2.45. The average Bonchev–Trinajstić information content (AvgIpc) is 3.07. The van der Waals surface area contributed by atoms with E-state index in [2.05, 4.69) is 26.8 Å². The summed E-state index contributed by atoms with van der Waals surface area (Å²) in [5, 5.41) is 11.2. The second-order valence-corrected chi connectivity index (χ2v) is 8.78. The van der Waals surface area contributed by atoms with Gasteiger partial charge in [-0.3, -0.25) is 0 Å². The third-order valence-electron chi connectivity index (χ3n) is 6.49. The van der Waals surface area contributed by atoms with Crippen LogP contribution in [-0.4, -0.2) is 49.9 Å². The second-order valence-electron chi connectivity index (χ2n) is 8.78. The lowest BCUT2D eigenvalue weighted by Gasteiger charge is -2.44. The minimum atomic E-state index is -0.913. The van der Waals surface area contributed by atoms with Crippen molar-refractivity contribution in [3.63, 3.8) is 0 Å². The lowest BCUT2D eigenvalue weighted by atomic mass is 9.65. The molecule has 1 aliphatic carbocycles. The number of hydrogen-bond acceptors (Lipinski definition) is 6. The highest BCUT2D eigenvalue weighted by atomic mass is 16.7. The topological polar surface area (TPSA) is 74.2 Å². The van der Waals surface area contributed by atoms with Crippen LogP contribution in [0.25, 0.3) is 0 Å². The second kappa shape index (κ2) is 10.6. The minimum absolute atomic E-state index is 0.0953. The summed E-state index contributed by atoms with van der Waals surface area (Å²) in [6.45, 7) is 10.4. The van der Waals surface area contributed by atoms with E-state index >= 15 is 0 Å². The van der Waals surface area contributed by atoms with Gasteiger partial charge in [-0.05, 0) is 63.5 Å². The molecule has 5 atom stereocenters. The molecule has 30 heavy (non-hydrogen) atoms. The van der Waals surface area contributed by atoms with E-state index in [1.54, 1.807) is 27.2 Å². The number of rotatable bonds is 9. The standard InChI is InChI=1S/C24H38O6/c1-8-29-21(26)13-17-11-12-24(5,30-17)20(25)14-19-16(4)9-10-18(15(2)3)22(19)23(27-6)28-7/h9,11-13,15,18-20,22-23,25H,8,10,14H2,1-7H3/b17-13+/t18-,19+,20-,22-,24+/m1/s1. The van der Waals surface area contributed by atoms with Crippen LogP contribution in [0.1, 0.15) is 47.5 Å². The number of esters is 1. The molecule has 0 aromatic heterocycles. The summed E-state index contributed by atoms with van der Waals surface area (Å²) in [7, 11) is 3.34. The Morgan fingerprint density at radius 2 is 2.03 bits per heavy atom. The average molecular weight is 423 g/mol. The number of hydrogen-bond donors (Lipinski definition) is 1. The van der Waals surface area contributed by atoms with Crippen LogP contribution in [0.3, 0.4) is 0 Å². The van der Waals surface area contributed by atoms with E-state index in [4.69, 9.17) is 18.9 Å². The van der Waals surface area contributed by atoms with E-state index in [-0.39, 0.29) is 18.1 Å². The molecular formula is C24H38O6. The number of methoxy groups -OCH3 is 2. The first-order valence-corrected chi connectivity index (χ1v) is 10.8. The maximum absolute atomic E-state index is 11.7. The van der Waals surface area contributed by atoms with Gasteiger partial charge in [0.05, 0.1) is 18.8 Å². The van der Waals surface area contributed by atoms with Gasteiger partial charge in [0.15, 0.2) is 11.9 Å². The molecule has 170 valence electrons. The zero-order valence-electron chi connectivity index (χ0n) is 19.4. The molecule has 0 amide bonds. The number of carbonyl (C=O) groups excluding carboxylic acids is 1. The third-order valence-corrected chi connectivity index (χ3v) is 6.49. The summed E-state index contributed by atoms with van der Waals surface area (Å²) in [4.78, 5) is 11.7. The molecule has 0 unspecified atom stereocenters. The minimum Gasteiger partial charge on any atom is -0.481 e. The van der Waals surface area contributed by atoms with Crippen molar-refractivity contribution >= 4 is 5.97 Å². The Kier molecular flexibility index (Phi) is 8.71. The van der Waals surface area contributed by atoms with Gasteiger partial charge in [0.25, 0.3) is 0 Å². The fourth-order valence-electron chi connectivity index (χ4n) is 4.69. The SMILES string of the molecule is CCOC(=O)/C=C1\C=C[C@@](C)([C@H](O)C[C@H]2C(C)=CC[C@H](C(C)C)[C@H]2C(OC)OC)O1. The maximum Gasteiger partial charge on any atom is 0.334 e. The van der Waals surface area contributed by atoms with Gasteiger partial charge in [-0.1, -0.05) is 25.5 Å². The molecule has 0 aromatic rings. The van der Waals surface area contributed by atoms with Gasteiger partial charge in [0.2, 0.25) is 0 Å². The Morgan fingerprint density at radius 3 is 2.60 bits per heavy atom. The first kappa shape index (κ1) is 24.6. The van der Waals surface area contributed by atoms with Crippen LogP contribution in [0.4, 0.5) is 0 Å². The summed E-state index contributed by atoms with van der Waals surface area (Å²) >= 11 is 0. The van der Waals surface area contributed by atoms with Crippen molar-refractivity contribution in [2.24, 2.45) is 23.7 Å². The van der Waals surface area contributed by atoms with Crippen LogP contribution < -0.4 is 0 Å². The van der Waals surface area contributed by atoms with Gasteiger partial charge in [0.1, 0.15) is 5.76 Å². The number of carbonyl (C=O) groups is 1. The van der Waals surface area contributed by atoms with Crippen LogP contribution in [0.15, 0.2) is 35.6 Å². The molecule has 6 nitrogen and oxygen atoms in total. The van der Waals surface area contributed by atoms with Crippen molar-refractivity contribution in [2.45, 2.75) is 65.5 Å². The molecule has 0 fully saturated rings. The molecule has 0 radical (unpaired) electrons. The Labute approximate surface area is 180 Å². The van der Waals surface area contributed by atoms with E-state index < -0.39 is 17.7 Å². The Balaban J connectivity index is 2.21. The molecule has 0 spiro atoms. The van der Waals surface area contributed by atoms with Gasteiger partial charge in [0, 0.05) is 20.1 Å². The van der Waals surface area contributed by atoms with E-state index in [1.807, 2.05) is 13.0 Å². The first-order valence-electron chi connectivity index (χ1n) is 10.8. The van der Waals surface area contributed by atoms with Gasteiger partial charge >= 0.3 is 5.97 Å². The van der Waals surface area contributed by atoms with Crippen LogP contribution in [-0.2, 0) is 23.7 Å². The summed E-state index contributed by atoms with van der Waals surface area (Å²) in [6, 6.07) is 0. The van der Waals surface area contributed by atoms with Crippen LogP contribution in [0.2, 0.25) is 0 Å². The summed E-state index contributed by atoms with van der Waals surface area (Å²) < 4.78 is 22.2. The molecule has 1 heterocycles. The van der Waals surface area contributed by atoms with Crippen molar-refractivity contribution in [1.82, 2.24) is 0 Å². The number of allylic oxidation sites excluding steroid dienone is 3. The van der Waals surface area contributed by atoms with Crippen molar-refractivity contribution < 1.29 is 28.8 Å². The maximum atomic E-state index is 11.7. The van der Waals surface area contributed by atoms with Gasteiger partial charge < -0.3 is 24.1 Å². The van der Waals surface area contributed by atoms with Crippen LogP contribution in [0, 0.1) is 23.7 Å². The molecule has 2 rings (SSSR count). The monoisotopic (exact) mass is 422 g/mol. The lowest BCUT2D eigenvalue weighted by molar-refractivity contribution is -0.170. The van der Waals surface area contributed by atoms with E-state index in [0.29, 0.717) is 30.6 Å². The molecule has 0 saturated carbocycles. The smallest absolute Gasteiger partial charge is 0.334 e. The normalized spacial score (nSPS) is 31.2. The Hall–Kier alpha value is -1.63. The van der Waals surface area contributed by atoms with Crippen LogP contribution in [0.5, 0.6) is 0 Å². The quantitative estimate of drug-likeness (QED) is 0.262. The zero-order valence-corrected chi connectivity index (χ0v) is 19.4. The molecule has 0 aromatic carbocycles. The first-order chi connectivity index (χ1) is 14.2. The van der Waals surface area contributed by atoms with E-state index in [0.717, 1.165) is 6.42 Å². The van der Waals surface area contributed by atoms with Crippen LogP contribution >= 0.6 is 0 Å². The third kappa shape index (κ3) is 5.54. The molecule has 1 N–H and O–H groups in total. The molecule has 0 saturated heterocycles. The van der Waals surface area contributed by atoms with E-state index in [1.165, 1.54) is 11.6 Å². The van der Waals surface area contributed by atoms with Crippen molar-refractivity contribution in [1.29, 1.82) is 0 Å². The fourth-order valence-corrected chi connectivity index (χ4v) is 4.69. The van der Waals surface area contributed by atoms with Gasteiger partial charge in [-0.2, -0.15) is 0 Å². The molecule has 0 bridgehead atoms. The lowest BCUT2D eigenvalue weighted by Crippen LogP contribution is -2.45. The molecule has 1 aliphatic heterocycles. The summed E-state index contributed by atoms with van der Waals surface area (Å²) in [6.07, 6.45) is 7.49. The van der Waals surface area contributed by atoms with Gasteiger partial charge in [-0.15, -0.1) is 0 Å². The van der Waals surface area contributed by atoms with Gasteiger partial charge in [-0.25, -0.2) is 4.79 Å². The Bertz CT molecular complexity index is 675. The van der Waals surface area contributed by atoms with Crippen molar-refractivity contribution in [3.05, 3.63) is 35.6 Å². The molecule has 6 heteroatoms. The largest absolute Gasteiger partial charge is 0.481 e. The highest BCUT2D eigenvalue weighted by Gasteiger charge is 2.45.